The molecular weight excluding hydrogens is 251 g/mol. The van der Waals surface area contributed by atoms with Gasteiger partial charge in [0.05, 0.1) is 20.7 Å². The summed E-state index contributed by atoms with van der Waals surface area (Å²) in [5.74, 6) is 0. The zero-order valence-electron chi connectivity index (χ0n) is 9.04. The topological polar surface area (TPSA) is 46.4 Å². The third-order valence-corrected chi connectivity index (χ3v) is 2.87. The fourth-order valence-electron chi connectivity index (χ4n) is 1.50. The minimum Gasteiger partial charge on any atom is -0.370 e. The molecule has 0 saturated heterocycles. The molecule has 1 aromatic carbocycles. The number of nitro groups is 1. The Morgan fingerprint density at radius 2 is 1.69 bits per heavy atom. The van der Waals surface area contributed by atoms with Gasteiger partial charge in [0.25, 0.3) is 5.69 Å². The van der Waals surface area contributed by atoms with Crippen LogP contribution >= 0.6 is 23.2 Å². The summed E-state index contributed by atoms with van der Waals surface area (Å²) in [5, 5.41) is 11.2. The Morgan fingerprint density at radius 3 is 2.00 bits per heavy atom. The van der Waals surface area contributed by atoms with Crippen molar-refractivity contribution in [2.45, 2.75) is 13.8 Å². The molecule has 0 atom stereocenters. The van der Waals surface area contributed by atoms with E-state index >= 15 is 0 Å². The van der Waals surface area contributed by atoms with Crippen molar-refractivity contribution in [1.82, 2.24) is 0 Å². The second-order valence-corrected chi connectivity index (χ2v) is 4.00. The number of hydrogen-bond donors (Lipinski definition) is 0. The van der Waals surface area contributed by atoms with E-state index in [1.165, 1.54) is 12.1 Å². The van der Waals surface area contributed by atoms with Gasteiger partial charge in [-0.1, -0.05) is 23.2 Å². The summed E-state index contributed by atoms with van der Waals surface area (Å²) in [7, 11) is 0. The van der Waals surface area contributed by atoms with Gasteiger partial charge < -0.3 is 4.90 Å². The third kappa shape index (κ3) is 2.57. The van der Waals surface area contributed by atoms with Crippen molar-refractivity contribution in [1.29, 1.82) is 0 Å². The van der Waals surface area contributed by atoms with Crippen LogP contribution in [0.5, 0.6) is 0 Å². The van der Waals surface area contributed by atoms with Crippen LogP contribution in [-0.4, -0.2) is 18.0 Å². The first-order valence-corrected chi connectivity index (χ1v) is 5.65. The van der Waals surface area contributed by atoms with Crippen LogP contribution in [-0.2, 0) is 0 Å². The van der Waals surface area contributed by atoms with Crippen molar-refractivity contribution in [2.24, 2.45) is 0 Å². The number of benzene rings is 1. The summed E-state index contributed by atoms with van der Waals surface area (Å²) in [6, 6.07) is 2.64. The standard InChI is InChI=1S/C10H12Cl2N2O2/c1-3-13(4-2)10-8(11)5-7(14(15)16)6-9(10)12/h5-6H,3-4H2,1-2H3. The van der Waals surface area contributed by atoms with E-state index in [2.05, 4.69) is 0 Å². The molecular formula is C10H12Cl2N2O2. The van der Waals surface area contributed by atoms with Gasteiger partial charge in [-0.05, 0) is 13.8 Å². The van der Waals surface area contributed by atoms with Gasteiger partial charge in [-0.2, -0.15) is 0 Å². The smallest absolute Gasteiger partial charge is 0.272 e. The molecule has 16 heavy (non-hydrogen) atoms. The number of nitrogens with zero attached hydrogens (tertiary/aromatic N) is 2. The monoisotopic (exact) mass is 262 g/mol. The maximum absolute atomic E-state index is 10.6. The van der Waals surface area contributed by atoms with Gasteiger partial charge in [0.2, 0.25) is 0 Å². The van der Waals surface area contributed by atoms with Crippen LogP contribution in [0.1, 0.15) is 13.8 Å². The quantitative estimate of drug-likeness (QED) is 0.614. The first-order chi connectivity index (χ1) is 7.51. The number of non-ortho nitro benzene ring substituents is 1. The highest BCUT2D eigenvalue weighted by Crippen LogP contribution is 2.37. The van der Waals surface area contributed by atoms with E-state index in [-0.39, 0.29) is 5.69 Å². The zero-order valence-corrected chi connectivity index (χ0v) is 10.5. The predicted octanol–water partition coefficient (Wildman–Crippen LogP) is 3.75. The second-order valence-electron chi connectivity index (χ2n) is 3.19. The lowest BCUT2D eigenvalue weighted by Gasteiger charge is -2.23. The zero-order chi connectivity index (χ0) is 12.3. The average Bonchev–Trinajstić information content (AvgIpc) is 2.22. The van der Waals surface area contributed by atoms with Crippen LogP contribution in [0.2, 0.25) is 10.0 Å². The van der Waals surface area contributed by atoms with E-state index in [1.54, 1.807) is 0 Å². The lowest BCUT2D eigenvalue weighted by atomic mass is 10.2. The molecule has 0 aliphatic carbocycles. The van der Waals surface area contributed by atoms with Crippen LogP contribution in [0, 0.1) is 10.1 Å². The number of hydrogen-bond acceptors (Lipinski definition) is 3. The first kappa shape index (κ1) is 13.1. The number of nitro benzene ring substituents is 1. The second kappa shape index (κ2) is 5.37. The summed E-state index contributed by atoms with van der Waals surface area (Å²) in [4.78, 5) is 12.0. The molecule has 0 N–H and O–H groups in total. The maximum atomic E-state index is 10.6. The van der Waals surface area contributed by atoms with Crippen molar-refractivity contribution < 1.29 is 4.92 Å². The Balaban J connectivity index is 3.26. The molecule has 0 amide bonds. The fraction of sp³-hybridized carbons (Fsp3) is 0.400. The van der Waals surface area contributed by atoms with Crippen molar-refractivity contribution >= 4 is 34.6 Å². The molecule has 0 spiro atoms. The van der Waals surface area contributed by atoms with Gasteiger partial charge in [-0.3, -0.25) is 10.1 Å². The minimum atomic E-state index is -0.510. The highest BCUT2D eigenvalue weighted by Gasteiger charge is 2.17. The molecule has 0 heterocycles. The number of rotatable bonds is 4. The fourth-order valence-corrected chi connectivity index (χ4v) is 2.21. The van der Waals surface area contributed by atoms with Crippen LogP contribution < -0.4 is 4.90 Å². The van der Waals surface area contributed by atoms with Gasteiger partial charge in [-0.15, -0.1) is 0 Å². The van der Waals surface area contributed by atoms with Crippen molar-refractivity contribution in [2.75, 3.05) is 18.0 Å². The number of anilines is 1. The third-order valence-electron chi connectivity index (χ3n) is 2.29. The van der Waals surface area contributed by atoms with Crippen LogP contribution in [0.25, 0.3) is 0 Å². The molecule has 0 aliphatic rings. The van der Waals surface area contributed by atoms with Crippen molar-refractivity contribution in [3.8, 4) is 0 Å². The first-order valence-electron chi connectivity index (χ1n) is 4.89. The van der Waals surface area contributed by atoms with E-state index in [4.69, 9.17) is 23.2 Å². The summed E-state index contributed by atoms with van der Waals surface area (Å²) >= 11 is 12.0. The Labute approximate surface area is 104 Å². The van der Waals surface area contributed by atoms with Gasteiger partial charge in [-0.25, -0.2) is 0 Å². The van der Waals surface area contributed by atoms with E-state index in [1.807, 2.05) is 18.7 Å². The van der Waals surface area contributed by atoms with Gasteiger partial charge in [0.1, 0.15) is 0 Å². The van der Waals surface area contributed by atoms with E-state index < -0.39 is 4.92 Å². The van der Waals surface area contributed by atoms with Crippen LogP contribution in [0.15, 0.2) is 12.1 Å². The largest absolute Gasteiger partial charge is 0.370 e. The van der Waals surface area contributed by atoms with E-state index in [0.717, 1.165) is 13.1 Å². The summed E-state index contributed by atoms with van der Waals surface area (Å²) in [6.45, 7) is 5.43. The molecule has 0 fully saturated rings. The Morgan fingerprint density at radius 1 is 1.25 bits per heavy atom. The van der Waals surface area contributed by atoms with Crippen LogP contribution in [0.3, 0.4) is 0 Å². The van der Waals surface area contributed by atoms with Crippen molar-refractivity contribution in [3.63, 3.8) is 0 Å². The maximum Gasteiger partial charge on any atom is 0.272 e. The van der Waals surface area contributed by atoms with Crippen LogP contribution in [0.4, 0.5) is 11.4 Å². The highest BCUT2D eigenvalue weighted by atomic mass is 35.5. The average molecular weight is 263 g/mol. The normalized spacial score (nSPS) is 10.2. The minimum absolute atomic E-state index is 0.0918. The highest BCUT2D eigenvalue weighted by molar-refractivity contribution is 6.39. The molecule has 0 unspecified atom stereocenters. The SMILES string of the molecule is CCN(CC)c1c(Cl)cc([N+](=O)[O-])cc1Cl. The van der Waals surface area contributed by atoms with Gasteiger partial charge >= 0.3 is 0 Å². The lowest BCUT2D eigenvalue weighted by molar-refractivity contribution is -0.384. The molecule has 4 nitrogen and oxygen atoms in total. The van der Waals surface area contributed by atoms with E-state index in [0.29, 0.717) is 15.7 Å². The Kier molecular flexibility index (Phi) is 4.38. The van der Waals surface area contributed by atoms with E-state index in [9.17, 15) is 10.1 Å². The molecule has 1 rings (SSSR count). The molecule has 6 heteroatoms. The van der Waals surface area contributed by atoms with Gasteiger partial charge in [0.15, 0.2) is 0 Å². The summed E-state index contributed by atoms with van der Waals surface area (Å²) in [6.07, 6.45) is 0. The summed E-state index contributed by atoms with van der Waals surface area (Å²) < 4.78 is 0. The molecule has 0 saturated carbocycles. The Bertz CT molecular complexity index is 383. The Hall–Kier alpha value is -1.00. The molecule has 1 aromatic rings. The molecule has 0 aromatic heterocycles. The molecule has 0 aliphatic heterocycles. The summed E-state index contributed by atoms with van der Waals surface area (Å²) in [5.41, 5.74) is 0.560. The van der Waals surface area contributed by atoms with Gasteiger partial charge in [0, 0.05) is 25.2 Å². The number of halogens is 2. The molecule has 0 radical (unpaired) electrons. The predicted molar refractivity (Wildman–Crippen MR) is 66.7 cm³/mol. The molecule has 0 bridgehead atoms. The van der Waals surface area contributed by atoms with Crippen molar-refractivity contribution in [3.05, 3.63) is 32.3 Å². The lowest BCUT2D eigenvalue weighted by Crippen LogP contribution is -2.22. The molecule has 88 valence electrons.